The molecule has 5 rings (SSSR count). The Bertz CT molecular complexity index is 1380. The second-order valence-electron chi connectivity index (χ2n) is 13.3. The molecule has 0 amide bonds. The maximum atomic E-state index is 14.7. The Kier molecular flexibility index (Phi) is 9.17. The molecule has 1 heterocycles. The van der Waals surface area contributed by atoms with Crippen LogP contribution in [0.4, 0.5) is 0 Å². The van der Waals surface area contributed by atoms with Crippen molar-refractivity contribution in [2.45, 2.75) is 94.2 Å². The number of aliphatic hydroxyl groups excluding tert-OH is 1. The van der Waals surface area contributed by atoms with E-state index < -0.39 is 23.9 Å². The van der Waals surface area contributed by atoms with Crippen LogP contribution in [0, 0.1) is 12.8 Å². The number of hydrogen-bond donors (Lipinski definition) is 1. The van der Waals surface area contributed by atoms with Gasteiger partial charge in [0.25, 0.3) is 8.32 Å². The van der Waals surface area contributed by atoms with Crippen LogP contribution < -0.4 is 10.4 Å². The summed E-state index contributed by atoms with van der Waals surface area (Å²) in [4.78, 5) is 0.346. The van der Waals surface area contributed by atoms with Crippen LogP contribution in [0.1, 0.15) is 71.3 Å². The Hall–Kier alpha value is -2.29. The Morgan fingerprint density at radius 1 is 0.881 bits per heavy atom. The van der Waals surface area contributed by atoms with Crippen molar-refractivity contribution in [2.24, 2.45) is 5.92 Å². The zero-order valence-electron chi connectivity index (χ0n) is 25.6. The second-order valence-corrected chi connectivity index (χ2v) is 19.5. The molecule has 5 nitrogen and oxygen atoms in total. The summed E-state index contributed by atoms with van der Waals surface area (Å²) in [6.45, 7) is 9.17. The lowest BCUT2D eigenvalue weighted by molar-refractivity contribution is 0.0511. The van der Waals surface area contributed by atoms with E-state index in [0.717, 1.165) is 44.1 Å². The van der Waals surface area contributed by atoms with E-state index in [1.54, 1.807) is 12.1 Å². The van der Waals surface area contributed by atoms with Crippen molar-refractivity contribution in [1.82, 2.24) is 4.31 Å². The van der Waals surface area contributed by atoms with Gasteiger partial charge in [0, 0.05) is 18.2 Å². The SMILES string of the molecule is Cc1ccc(S(=O)(=O)N2[C@H](CO[Si](c3ccccc3)(c3ccccc3)C(C)(C)C)CC[C@]23CCCC[C@H]3CCO)cc1. The molecule has 0 radical (unpaired) electrons. The fourth-order valence-corrected chi connectivity index (χ4v) is 14.6. The minimum atomic E-state index is -3.81. The summed E-state index contributed by atoms with van der Waals surface area (Å²) in [6.07, 6.45) is 6.05. The third-order valence-electron chi connectivity index (χ3n) is 9.82. The minimum absolute atomic E-state index is 0.0774. The van der Waals surface area contributed by atoms with Crippen LogP contribution in [-0.2, 0) is 14.4 Å². The van der Waals surface area contributed by atoms with Gasteiger partial charge in [-0.1, -0.05) is 112 Å². The van der Waals surface area contributed by atoms with Gasteiger partial charge in [0.15, 0.2) is 0 Å². The minimum Gasteiger partial charge on any atom is -0.406 e. The summed E-state index contributed by atoms with van der Waals surface area (Å²) in [5, 5.41) is 12.2. The van der Waals surface area contributed by atoms with Gasteiger partial charge in [-0.25, -0.2) is 8.42 Å². The predicted molar refractivity (Wildman–Crippen MR) is 173 cm³/mol. The molecule has 1 saturated heterocycles. The van der Waals surface area contributed by atoms with Crippen molar-refractivity contribution in [2.75, 3.05) is 13.2 Å². The summed E-state index contributed by atoms with van der Waals surface area (Å²) in [6, 6.07) is 28.1. The normalized spacial score (nSPS) is 23.8. The number of aryl methyl sites for hydroxylation is 1. The van der Waals surface area contributed by atoms with E-state index in [9.17, 15) is 13.5 Å². The van der Waals surface area contributed by atoms with E-state index in [1.807, 2.05) is 35.5 Å². The Labute approximate surface area is 254 Å². The van der Waals surface area contributed by atoms with Crippen molar-refractivity contribution in [3.8, 4) is 0 Å². The summed E-state index contributed by atoms with van der Waals surface area (Å²) in [5.41, 5.74) is 0.539. The number of aliphatic hydroxyl groups is 1. The van der Waals surface area contributed by atoms with Crippen molar-refractivity contribution in [1.29, 1.82) is 0 Å². The van der Waals surface area contributed by atoms with Gasteiger partial charge in [-0.05, 0) is 72.5 Å². The monoisotopic (exact) mass is 605 g/mol. The maximum Gasteiger partial charge on any atom is 0.261 e. The molecule has 1 aliphatic heterocycles. The topological polar surface area (TPSA) is 66.8 Å². The van der Waals surface area contributed by atoms with E-state index >= 15 is 0 Å². The molecule has 3 aromatic carbocycles. The number of rotatable bonds is 9. The molecule has 1 spiro atoms. The maximum absolute atomic E-state index is 14.7. The average molecular weight is 606 g/mol. The molecule has 0 unspecified atom stereocenters. The number of nitrogens with zero attached hydrogens (tertiary/aromatic N) is 1. The van der Waals surface area contributed by atoms with Gasteiger partial charge in [-0.15, -0.1) is 0 Å². The highest BCUT2D eigenvalue weighted by Crippen LogP contribution is 2.51. The lowest BCUT2D eigenvalue weighted by atomic mass is 9.70. The molecule has 226 valence electrons. The standard InChI is InChI=1S/C35H47NO4SSi/c1-28-18-20-31(21-19-28)41(38,39)36-30(22-25-35(36)24-12-11-13-29(35)23-26-37)27-40-42(34(2,3)4,32-14-7-5-8-15-32)33-16-9-6-10-17-33/h5-10,14-21,29-30,37H,11-13,22-27H2,1-4H3/t29-,30-,35-/m0/s1. The molecular formula is C35H47NO4SSi. The third-order valence-corrected chi connectivity index (χ3v) is 16.9. The molecule has 1 saturated carbocycles. The van der Waals surface area contributed by atoms with Crippen LogP contribution in [0.2, 0.25) is 5.04 Å². The molecule has 42 heavy (non-hydrogen) atoms. The van der Waals surface area contributed by atoms with E-state index in [2.05, 4.69) is 69.3 Å². The van der Waals surface area contributed by atoms with Crippen molar-refractivity contribution >= 4 is 28.7 Å². The lowest BCUT2D eigenvalue weighted by Crippen LogP contribution is -2.67. The van der Waals surface area contributed by atoms with Crippen molar-refractivity contribution in [3.63, 3.8) is 0 Å². The van der Waals surface area contributed by atoms with Crippen molar-refractivity contribution in [3.05, 3.63) is 90.5 Å². The van der Waals surface area contributed by atoms with Crippen LogP contribution in [0.15, 0.2) is 89.8 Å². The highest BCUT2D eigenvalue weighted by Gasteiger charge is 2.58. The summed E-state index contributed by atoms with van der Waals surface area (Å²) < 4.78 is 38.5. The van der Waals surface area contributed by atoms with E-state index in [0.29, 0.717) is 17.9 Å². The molecule has 2 fully saturated rings. The predicted octanol–water partition coefficient (Wildman–Crippen LogP) is 6.04. The number of hydrogen-bond acceptors (Lipinski definition) is 4. The third kappa shape index (κ3) is 5.55. The molecule has 0 aromatic heterocycles. The van der Waals surface area contributed by atoms with Crippen LogP contribution in [0.5, 0.6) is 0 Å². The first-order chi connectivity index (χ1) is 20.1. The van der Waals surface area contributed by atoms with Gasteiger partial charge >= 0.3 is 0 Å². The molecule has 1 aliphatic carbocycles. The number of sulfonamides is 1. The summed E-state index contributed by atoms with van der Waals surface area (Å²) in [7, 11) is -6.66. The molecule has 2 aliphatic rings. The first kappa shape index (κ1) is 31.1. The van der Waals surface area contributed by atoms with Gasteiger partial charge in [-0.3, -0.25) is 0 Å². The van der Waals surface area contributed by atoms with Gasteiger partial charge in [0.05, 0.1) is 11.5 Å². The molecule has 3 atom stereocenters. The Balaban J connectivity index is 1.60. The smallest absolute Gasteiger partial charge is 0.261 e. The molecule has 1 N–H and O–H groups in total. The first-order valence-electron chi connectivity index (χ1n) is 15.5. The Morgan fingerprint density at radius 3 is 2.02 bits per heavy atom. The van der Waals surface area contributed by atoms with Crippen LogP contribution in [0.3, 0.4) is 0 Å². The van der Waals surface area contributed by atoms with Gasteiger partial charge in [0.2, 0.25) is 10.0 Å². The van der Waals surface area contributed by atoms with Gasteiger partial charge < -0.3 is 9.53 Å². The second kappa shape index (κ2) is 12.4. The number of benzene rings is 3. The summed E-state index contributed by atoms with van der Waals surface area (Å²) in [5.74, 6) is 0.134. The Morgan fingerprint density at radius 2 is 1.48 bits per heavy atom. The fourth-order valence-electron chi connectivity index (χ4n) is 7.88. The van der Waals surface area contributed by atoms with Crippen LogP contribution in [0.25, 0.3) is 0 Å². The zero-order chi connectivity index (χ0) is 30.0. The van der Waals surface area contributed by atoms with Gasteiger partial charge in [-0.2, -0.15) is 4.31 Å². The lowest BCUT2D eigenvalue weighted by Gasteiger charge is -2.49. The van der Waals surface area contributed by atoms with Gasteiger partial charge in [0.1, 0.15) is 0 Å². The molecule has 7 heteroatoms. The highest BCUT2D eigenvalue weighted by atomic mass is 32.2. The molecular weight excluding hydrogens is 559 g/mol. The first-order valence-corrected chi connectivity index (χ1v) is 18.9. The fraction of sp³-hybridized carbons (Fsp3) is 0.486. The average Bonchev–Trinajstić information content (AvgIpc) is 3.34. The van der Waals surface area contributed by atoms with Crippen LogP contribution in [-0.4, -0.2) is 50.9 Å². The quantitative estimate of drug-likeness (QED) is 0.302. The zero-order valence-corrected chi connectivity index (χ0v) is 27.4. The van der Waals surface area contributed by atoms with Crippen LogP contribution >= 0.6 is 0 Å². The van der Waals surface area contributed by atoms with E-state index in [1.165, 1.54) is 10.4 Å². The van der Waals surface area contributed by atoms with Crippen molar-refractivity contribution < 1.29 is 18.0 Å². The molecule has 3 aromatic rings. The highest BCUT2D eigenvalue weighted by molar-refractivity contribution is 7.89. The summed E-state index contributed by atoms with van der Waals surface area (Å²) >= 11 is 0. The molecule has 0 bridgehead atoms. The van der Waals surface area contributed by atoms with E-state index in [-0.39, 0.29) is 23.6 Å². The largest absolute Gasteiger partial charge is 0.406 e. The van der Waals surface area contributed by atoms with E-state index in [4.69, 9.17) is 4.43 Å².